The first-order chi connectivity index (χ1) is 14.8. The van der Waals surface area contributed by atoms with Crippen molar-refractivity contribution < 1.29 is 13.5 Å². The lowest BCUT2D eigenvalue weighted by Gasteiger charge is -2.38. The van der Waals surface area contributed by atoms with Crippen LogP contribution in [0.3, 0.4) is 0 Å². The van der Waals surface area contributed by atoms with Gasteiger partial charge in [-0.05, 0) is 32.4 Å². The lowest BCUT2D eigenvalue weighted by Crippen LogP contribution is -2.50. The van der Waals surface area contributed by atoms with E-state index in [1.54, 1.807) is 6.07 Å². The molecule has 174 valence electrons. The summed E-state index contributed by atoms with van der Waals surface area (Å²) in [7, 11) is -0.927. The van der Waals surface area contributed by atoms with E-state index in [9.17, 15) is 18.3 Å². The molecule has 3 saturated heterocycles. The smallest absolute Gasteiger partial charge is 0.223 e. The Hall–Kier alpha value is -1.42. The monoisotopic (exact) mass is 452 g/mol. The van der Waals surface area contributed by atoms with E-state index >= 15 is 0 Å². The lowest BCUT2D eigenvalue weighted by molar-refractivity contribution is 0.0977. The fraction of sp³-hybridized carbons (Fsp3) is 0.773. The first-order valence-corrected chi connectivity index (χ1v) is 13.4. The summed E-state index contributed by atoms with van der Waals surface area (Å²) in [5.41, 5.74) is 1.33. The average molecular weight is 453 g/mol. The highest BCUT2D eigenvalue weighted by atomic mass is 32.2. The van der Waals surface area contributed by atoms with Crippen LogP contribution in [0.5, 0.6) is 5.75 Å². The van der Waals surface area contributed by atoms with Gasteiger partial charge in [-0.1, -0.05) is 12.8 Å². The van der Waals surface area contributed by atoms with Crippen molar-refractivity contribution in [2.75, 3.05) is 50.8 Å². The molecule has 4 rings (SSSR count). The van der Waals surface area contributed by atoms with Crippen molar-refractivity contribution >= 4 is 9.84 Å². The first kappa shape index (κ1) is 22.8. The summed E-state index contributed by atoms with van der Waals surface area (Å²) in [6.45, 7) is 6.64. The number of aromatic nitrogens is 1. The molecular weight excluding hydrogens is 416 g/mol. The van der Waals surface area contributed by atoms with E-state index in [1.807, 2.05) is 11.6 Å². The Morgan fingerprint density at radius 2 is 1.61 bits per heavy atom. The van der Waals surface area contributed by atoms with Crippen molar-refractivity contribution in [3.8, 4) is 5.75 Å². The van der Waals surface area contributed by atoms with Crippen LogP contribution in [0.15, 0.2) is 10.9 Å². The minimum atomic E-state index is -2.87. The molecule has 3 aliphatic heterocycles. The van der Waals surface area contributed by atoms with Crippen molar-refractivity contribution in [2.45, 2.75) is 51.2 Å². The summed E-state index contributed by atoms with van der Waals surface area (Å²) in [4.78, 5) is 19.4. The van der Waals surface area contributed by atoms with E-state index in [0.29, 0.717) is 18.0 Å². The number of hydrogen-bond acceptors (Lipinski definition) is 7. The van der Waals surface area contributed by atoms with E-state index in [2.05, 4.69) is 14.7 Å². The third kappa shape index (κ3) is 5.50. The van der Waals surface area contributed by atoms with Gasteiger partial charge in [-0.2, -0.15) is 0 Å². The Labute approximate surface area is 185 Å². The van der Waals surface area contributed by atoms with Crippen LogP contribution >= 0.6 is 0 Å². The highest BCUT2D eigenvalue weighted by Gasteiger charge is 2.33. The summed E-state index contributed by atoms with van der Waals surface area (Å²) >= 11 is 0. The van der Waals surface area contributed by atoms with Gasteiger partial charge in [0.15, 0.2) is 15.6 Å². The van der Waals surface area contributed by atoms with E-state index < -0.39 is 9.84 Å². The van der Waals surface area contributed by atoms with Crippen molar-refractivity contribution in [1.82, 2.24) is 19.3 Å². The Morgan fingerprint density at radius 1 is 0.968 bits per heavy atom. The van der Waals surface area contributed by atoms with E-state index in [4.69, 9.17) is 0 Å². The van der Waals surface area contributed by atoms with Gasteiger partial charge in [0.2, 0.25) is 5.43 Å². The Morgan fingerprint density at radius 3 is 2.23 bits per heavy atom. The number of rotatable bonds is 5. The molecule has 0 aromatic carbocycles. The molecule has 1 atom stereocenters. The first-order valence-electron chi connectivity index (χ1n) is 11.6. The molecule has 4 heterocycles. The summed E-state index contributed by atoms with van der Waals surface area (Å²) in [5, 5.41) is 10.5. The molecule has 8 nitrogen and oxygen atoms in total. The number of pyridine rings is 1. The third-order valence-electron chi connectivity index (χ3n) is 7.23. The van der Waals surface area contributed by atoms with Gasteiger partial charge in [0.1, 0.15) is 0 Å². The molecule has 0 radical (unpaired) electrons. The van der Waals surface area contributed by atoms with Crippen molar-refractivity contribution in [3.63, 3.8) is 0 Å². The maximum absolute atomic E-state index is 12.5. The molecule has 1 aromatic rings. The van der Waals surface area contributed by atoms with Gasteiger partial charge in [-0.25, -0.2) is 8.42 Å². The molecular formula is C22H36N4O4S. The molecule has 9 heteroatoms. The maximum Gasteiger partial charge on any atom is 0.223 e. The van der Waals surface area contributed by atoms with E-state index in [-0.39, 0.29) is 23.0 Å². The van der Waals surface area contributed by atoms with Gasteiger partial charge in [-0.15, -0.1) is 0 Å². The fourth-order valence-electron chi connectivity index (χ4n) is 5.21. The SMILES string of the molecule is Cn1c(CN2CCCCCC2)cc(=O)c(O)c1CN1CCN(C2CCS(=O)(=O)C2)CC1. The molecule has 1 N–H and O–H groups in total. The molecule has 3 fully saturated rings. The van der Waals surface area contributed by atoms with Gasteiger partial charge in [-0.3, -0.25) is 19.5 Å². The molecule has 0 saturated carbocycles. The van der Waals surface area contributed by atoms with Crippen LogP contribution in [-0.2, 0) is 30.0 Å². The number of likely N-dealkylation sites (tertiary alicyclic amines) is 1. The van der Waals surface area contributed by atoms with Crippen LogP contribution in [-0.4, -0.2) is 89.6 Å². The zero-order valence-electron chi connectivity index (χ0n) is 18.6. The molecule has 0 spiro atoms. The predicted octanol–water partition coefficient (Wildman–Crippen LogP) is 0.772. The number of sulfone groups is 1. The van der Waals surface area contributed by atoms with Crippen LogP contribution in [0.2, 0.25) is 0 Å². The van der Waals surface area contributed by atoms with Crippen LogP contribution in [0.25, 0.3) is 0 Å². The summed E-state index contributed by atoms with van der Waals surface area (Å²) in [6, 6.07) is 1.73. The van der Waals surface area contributed by atoms with E-state index in [1.165, 1.54) is 25.7 Å². The van der Waals surface area contributed by atoms with Gasteiger partial charge < -0.3 is 9.67 Å². The van der Waals surface area contributed by atoms with Gasteiger partial charge in [0.05, 0.1) is 17.2 Å². The molecule has 0 amide bonds. The average Bonchev–Trinajstić information content (AvgIpc) is 2.94. The van der Waals surface area contributed by atoms with Crippen molar-refractivity contribution in [1.29, 1.82) is 0 Å². The van der Waals surface area contributed by atoms with Crippen LogP contribution in [0, 0.1) is 0 Å². The molecule has 31 heavy (non-hydrogen) atoms. The Kier molecular flexibility index (Phi) is 7.05. The lowest BCUT2D eigenvalue weighted by atomic mass is 10.1. The van der Waals surface area contributed by atoms with Crippen molar-refractivity contribution in [2.24, 2.45) is 7.05 Å². The second-order valence-corrected chi connectivity index (χ2v) is 11.6. The largest absolute Gasteiger partial charge is 0.503 e. The molecule has 0 bridgehead atoms. The van der Waals surface area contributed by atoms with Crippen LogP contribution in [0.1, 0.15) is 43.5 Å². The van der Waals surface area contributed by atoms with Crippen LogP contribution < -0.4 is 5.43 Å². The minimum absolute atomic E-state index is 0.141. The topological polar surface area (TPSA) is 86.1 Å². The van der Waals surface area contributed by atoms with Crippen molar-refractivity contribution in [3.05, 3.63) is 27.7 Å². The summed E-state index contributed by atoms with van der Waals surface area (Å²) < 4.78 is 25.6. The second-order valence-electron chi connectivity index (χ2n) is 9.41. The minimum Gasteiger partial charge on any atom is -0.503 e. The molecule has 0 aliphatic carbocycles. The second kappa shape index (κ2) is 9.60. The third-order valence-corrected chi connectivity index (χ3v) is 8.98. The summed E-state index contributed by atoms with van der Waals surface area (Å²) in [6.07, 6.45) is 5.68. The van der Waals surface area contributed by atoms with Gasteiger partial charge in [0, 0.05) is 64.1 Å². The normalized spacial score (nSPS) is 26.2. The number of aromatic hydroxyl groups is 1. The van der Waals surface area contributed by atoms with E-state index in [0.717, 1.165) is 57.9 Å². The molecule has 1 aromatic heterocycles. The molecule has 3 aliphatic rings. The highest BCUT2D eigenvalue weighted by molar-refractivity contribution is 7.91. The Balaban J connectivity index is 1.41. The van der Waals surface area contributed by atoms with Crippen LogP contribution in [0.4, 0.5) is 0 Å². The zero-order valence-corrected chi connectivity index (χ0v) is 19.4. The standard InChI is InChI=1S/C22H36N4O4S/c1-23-19(15-24-7-4-2-3-5-8-24)14-21(27)22(28)20(23)16-25-9-11-26(12-10-25)18-6-13-31(29,30)17-18/h14,18,28H,2-13,15-17H2,1H3. The van der Waals surface area contributed by atoms with Gasteiger partial charge >= 0.3 is 0 Å². The van der Waals surface area contributed by atoms with Gasteiger partial charge in [0.25, 0.3) is 0 Å². The molecule has 1 unspecified atom stereocenters. The zero-order chi connectivity index (χ0) is 22.0. The maximum atomic E-state index is 12.5. The quantitative estimate of drug-likeness (QED) is 0.706. The number of nitrogens with zero attached hydrogens (tertiary/aromatic N) is 4. The number of piperazine rings is 1. The highest BCUT2D eigenvalue weighted by Crippen LogP contribution is 2.22. The summed E-state index contributed by atoms with van der Waals surface area (Å²) in [5.74, 6) is 0.435. The predicted molar refractivity (Wildman–Crippen MR) is 121 cm³/mol. The fourth-order valence-corrected chi connectivity index (χ4v) is 6.97. The number of hydrogen-bond donors (Lipinski definition) is 1. The Bertz CT molecular complexity index is 930.